The number of hydrogen-bond acceptors (Lipinski definition) is 16. The molecule has 0 aliphatic rings. The van der Waals surface area contributed by atoms with Crippen LogP contribution in [0.15, 0.2) is 126 Å². The van der Waals surface area contributed by atoms with Gasteiger partial charge >= 0.3 is 11.4 Å². The molecule has 7 aromatic rings. The summed E-state index contributed by atoms with van der Waals surface area (Å²) < 4.78 is 108. The van der Waals surface area contributed by atoms with Gasteiger partial charge in [-0.2, -0.15) is 27.2 Å². The Balaban J connectivity index is 0.000000222. The van der Waals surface area contributed by atoms with Crippen LogP contribution in [0.5, 0.6) is 0 Å². The third-order valence-electron chi connectivity index (χ3n) is 8.82. The molecular formula is C43H41ClF4N10O9P2S. The molecule has 0 amide bonds. The van der Waals surface area contributed by atoms with E-state index in [1.165, 1.54) is 24.3 Å². The van der Waals surface area contributed by atoms with Gasteiger partial charge in [0, 0.05) is 34.1 Å². The molecule has 6 N–H and O–H groups in total. The first-order chi connectivity index (χ1) is 32.6. The molecule has 0 fully saturated rings. The largest absolute Gasteiger partial charge is 0.399 e. The monoisotopic (exact) mass is 1050 g/mol. The first kappa shape index (κ1) is 55.2. The Bertz CT molecular complexity index is 3250. The minimum absolute atomic E-state index is 0.0408. The molecule has 0 saturated carbocycles. The minimum Gasteiger partial charge on any atom is -0.399 e. The fourth-order valence-electron chi connectivity index (χ4n) is 5.54. The van der Waals surface area contributed by atoms with Gasteiger partial charge in [0.1, 0.15) is 14.3 Å². The quantitative estimate of drug-likeness (QED) is 0.0153. The van der Waals surface area contributed by atoms with Gasteiger partial charge in [-0.3, -0.25) is 24.8 Å². The summed E-state index contributed by atoms with van der Waals surface area (Å²) in [7, 11) is -9.14. The highest BCUT2D eigenvalue weighted by Gasteiger charge is 2.20. The Labute approximate surface area is 402 Å². The first-order valence-corrected chi connectivity index (χ1v) is 26.6. The lowest BCUT2D eigenvalue weighted by molar-refractivity contribution is -0.387. The highest BCUT2D eigenvalue weighted by atomic mass is 35.5. The second kappa shape index (κ2) is 23.8. The van der Waals surface area contributed by atoms with Crippen molar-refractivity contribution in [3.8, 4) is 0 Å². The Hall–Kier alpha value is -7.36. The third-order valence-corrected chi connectivity index (χ3v) is 13.0. The summed E-state index contributed by atoms with van der Waals surface area (Å²) in [5.74, 6) is -3.52. The van der Waals surface area contributed by atoms with Crippen molar-refractivity contribution in [3.63, 3.8) is 0 Å². The van der Waals surface area contributed by atoms with Crippen molar-refractivity contribution in [2.45, 2.75) is 11.8 Å². The van der Waals surface area contributed by atoms with Crippen LogP contribution in [0.25, 0.3) is 0 Å². The number of nitrogens with two attached hydrogens (primary N) is 1. The molecule has 27 heteroatoms. The normalized spacial score (nSPS) is 11.0. The molecule has 368 valence electrons. The predicted octanol–water partition coefficient (Wildman–Crippen LogP) is 10.2. The maximum absolute atomic E-state index is 14.2. The minimum atomic E-state index is -4.02. The first-order valence-electron chi connectivity index (χ1n) is 19.6. The van der Waals surface area contributed by atoms with Crippen LogP contribution in [0.3, 0.4) is 0 Å². The van der Waals surface area contributed by atoms with Crippen molar-refractivity contribution in [3.05, 3.63) is 176 Å². The fraction of sp³-hybridized carbons (Fsp3) is 0.116. The predicted molar refractivity (Wildman–Crippen MR) is 261 cm³/mol. The van der Waals surface area contributed by atoms with Crippen LogP contribution in [-0.4, -0.2) is 69.4 Å². The van der Waals surface area contributed by atoms with Crippen LogP contribution in [-0.2, 0) is 19.2 Å². The van der Waals surface area contributed by atoms with Crippen molar-refractivity contribution in [2.75, 3.05) is 48.3 Å². The summed E-state index contributed by atoms with van der Waals surface area (Å²) >= 11 is 5.63. The zero-order chi connectivity index (χ0) is 52.1. The Kier molecular flexibility index (Phi) is 18.8. The number of nitro benzene ring substituents is 2. The highest BCUT2D eigenvalue weighted by molar-refractivity contribution is 7.85. The summed E-state index contributed by atoms with van der Waals surface area (Å²) in [6, 6.07) is 26.1. The van der Waals surface area contributed by atoms with E-state index in [1.807, 2.05) is 6.92 Å². The lowest BCUT2D eigenvalue weighted by atomic mass is 10.2. The number of aromatic nitrogens is 4. The van der Waals surface area contributed by atoms with E-state index in [-0.39, 0.29) is 39.1 Å². The molecule has 0 unspecified atom stereocenters. The van der Waals surface area contributed by atoms with Crippen molar-refractivity contribution < 1.29 is 49.5 Å². The number of nitrogen functional groups attached to an aromatic ring is 1. The molecular weight excluding hydrogens is 1010 g/mol. The van der Waals surface area contributed by atoms with Crippen LogP contribution >= 0.6 is 25.9 Å². The smallest absolute Gasteiger partial charge is 0.306 e. The third kappa shape index (κ3) is 16.4. The zero-order valence-corrected chi connectivity index (χ0v) is 40.6. The van der Waals surface area contributed by atoms with E-state index in [0.717, 1.165) is 42.2 Å². The molecule has 2 aromatic heterocycles. The van der Waals surface area contributed by atoms with Gasteiger partial charge in [-0.25, -0.2) is 18.7 Å². The molecule has 0 aliphatic heterocycles. The number of anilines is 7. The number of benzene rings is 5. The van der Waals surface area contributed by atoms with Crippen LogP contribution in [0.4, 0.5) is 69.3 Å². The summed E-state index contributed by atoms with van der Waals surface area (Å²) in [6.07, 6.45) is 1.90. The van der Waals surface area contributed by atoms with Gasteiger partial charge in [0.05, 0.1) is 38.5 Å². The van der Waals surface area contributed by atoms with Crippen LogP contribution in [0, 0.1) is 50.4 Å². The lowest BCUT2D eigenvalue weighted by Crippen LogP contribution is -2.11. The number of hydrogen-bond donors (Lipinski definition) is 5. The van der Waals surface area contributed by atoms with Gasteiger partial charge in [-0.05, 0) is 106 Å². The number of rotatable bonds is 11. The van der Waals surface area contributed by atoms with Gasteiger partial charge in [0.15, 0.2) is 23.3 Å². The number of nitrogens with one attached hydrogen (secondary N) is 3. The van der Waals surface area contributed by atoms with Gasteiger partial charge < -0.3 is 30.8 Å². The summed E-state index contributed by atoms with van der Waals surface area (Å²) in [5, 5.41) is 30.3. The van der Waals surface area contributed by atoms with Gasteiger partial charge in [0.25, 0.3) is 10.1 Å². The molecule has 2 heterocycles. The second-order valence-electron chi connectivity index (χ2n) is 15.0. The van der Waals surface area contributed by atoms with Crippen molar-refractivity contribution in [1.82, 2.24) is 19.9 Å². The zero-order valence-electron chi connectivity index (χ0n) is 37.2. The van der Waals surface area contributed by atoms with Gasteiger partial charge in [-0.15, -0.1) is 0 Å². The van der Waals surface area contributed by atoms with E-state index in [0.29, 0.717) is 22.0 Å². The van der Waals surface area contributed by atoms with Crippen molar-refractivity contribution in [1.29, 1.82) is 0 Å². The maximum atomic E-state index is 14.2. The number of nitro groups is 2. The highest BCUT2D eigenvalue weighted by Crippen LogP contribution is 2.39. The standard InChI is InChI=1S/C18H16F2N5O3P.C12H12ClFN3OP.C7H8O3S.C6H5FN2O2/c1-29(2,28)16-6-4-3-5-14(16)23-17-13(20)10-21-18(24-17)22-11-7-8-12(19)15(9-11)25(26)27;1-19(2,18)10-6-4-3-5-9(10)16-11-8(14)7-15-12(13)17-11;1-6-2-4-7(5-3-6)11(8,9)10;7-5-2-1-4(8)3-6(5)9(10)11/h3-10H,1-2H3,(H2,21,22,23,24);3-7H,1-2H3,(H,15,16,17);2-5H,1H3,(H,8,9,10);1-3H,8H2. The Morgan fingerprint density at radius 1 is 0.643 bits per heavy atom. The van der Waals surface area contributed by atoms with E-state index in [2.05, 4.69) is 35.9 Å². The average molecular weight is 1050 g/mol. The Morgan fingerprint density at radius 3 is 1.57 bits per heavy atom. The molecule has 0 radical (unpaired) electrons. The maximum Gasteiger partial charge on any atom is 0.306 e. The molecule has 0 saturated heterocycles. The number of halogens is 5. The van der Waals surface area contributed by atoms with Crippen LogP contribution in [0.1, 0.15) is 5.56 Å². The van der Waals surface area contributed by atoms with Gasteiger partial charge in [0.2, 0.25) is 22.9 Å². The molecule has 7 rings (SSSR count). The van der Waals surface area contributed by atoms with E-state index in [1.54, 1.807) is 87.3 Å². The SMILES string of the molecule is CP(C)(=O)c1ccccc1Nc1nc(Cl)ncc1F.CP(C)(=O)c1ccccc1Nc1nc(Nc2ccc(F)c([N+](=O)[O-])c2)ncc1F.Cc1ccc(S(=O)(=O)O)cc1.Nc1ccc(F)c([N+](=O)[O-])c1. The molecule has 0 aliphatic carbocycles. The van der Waals surface area contributed by atoms with E-state index < -0.39 is 68.9 Å². The second-order valence-corrected chi connectivity index (χ2v) is 23.1. The van der Waals surface area contributed by atoms with Crippen LogP contribution < -0.4 is 32.3 Å². The summed E-state index contributed by atoms with van der Waals surface area (Å²) in [5.41, 5.74) is 6.15. The van der Waals surface area contributed by atoms with Crippen molar-refractivity contribution in [2.24, 2.45) is 0 Å². The van der Waals surface area contributed by atoms with Crippen LogP contribution in [0.2, 0.25) is 5.28 Å². The number of nitrogens with zero attached hydrogens (tertiary/aromatic N) is 6. The summed E-state index contributed by atoms with van der Waals surface area (Å²) in [6.45, 7) is 8.33. The average Bonchev–Trinajstić information content (AvgIpc) is 3.27. The van der Waals surface area contributed by atoms with Crippen molar-refractivity contribution >= 4 is 98.3 Å². The number of para-hydroxylation sites is 2. The summed E-state index contributed by atoms with van der Waals surface area (Å²) in [4.78, 5) is 34.3. The van der Waals surface area contributed by atoms with E-state index in [4.69, 9.17) is 21.9 Å². The van der Waals surface area contributed by atoms with E-state index in [9.17, 15) is 55.3 Å². The molecule has 0 bridgehead atoms. The lowest BCUT2D eigenvalue weighted by Gasteiger charge is -2.15. The van der Waals surface area contributed by atoms with E-state index >= 15 is 0 Å². The Morgan fingerprint density at radius 2 is 1.10 bits per heavy atom. The molecule has 5 aromatic carbocycles. The molecule has 0 spiro atoms. The topological polar surface area (TPSA) is 288 Å². The van der Waals surface area contributed by atoms with Gasteiger partial charge in [-0.1, -0.05) is 42.0 Å². The number of aryl methyl sites for hydroxylation is 1. The molecule has 19 nitrogen and oxygen atoms in total. The molecule has 0 atom stereocenters. The molecule has 70 heavy (non-hydrogen) atoms. The fourth-order valence-corrected chi connectivity index (χ4v) is 8.47.